The average molecular weight is 294 g/mol. The van der Waals surface area contributed by atoms with Gasteiger partial charge in [-0.15, -0.1) is 0 Å². The van der Waals surface area contributed by atoms with Gasteiger partial charge in [0.15, 0.2) is 0 Å². The summed E-state index contributed by atoms with van der Waals surface area (Å²) >= 11 is 0. The van der Waals surface area contributed by atoms with Gasteiger partial charge >= 0.3 is 0 Å². The first-order chi connectivity index (χ1) is 9.56. The quantitative estimate of drug-likeness (QED) is 0.360. The fourth-order valence-electron chi connectivity index (χ4n) is 1.93. The molecule has 120 valence electrons. The summed E-state index contributed by atoms with van der Waals surface area (Å²) < 4.78 is 13.9. The molecule has 0 aliphatic carbocycles. The van der Waals surface area contributed by atoms with Gasteiger partial charge in [-0.3, -0.25) is 4.99 Å². The van der Waals surface area contributed by atoms with Gasteiger partial charge in [0.1, 0.15) is 11.5 Å². The van der Waals surface area contributed by atoms with Crippen LogP contribution in [0, 0.1) is 5.92 Å². The van der Waals surface area contributed by atoms with Crippen LogP contribution in [-0.2, 0) is 0 Å². The van der Waals surface area contributed by atoms with Gasteiger partial charge < -0.3 is 4.90 Å². The van der Waals surface area contributed by atoms with Crippen LogP contribution >= 0.6 is 0 Å². The number of allylic oxidation sites excluding steroid dienone is 3. The highest BCUT2D eigenvalue weighted by atomic mass is 19.1. The molecule has 0 aromatic heterocycles. The monoisotopic (exact) mass is 294 g/mol. The van der Waals surface area contributed by atoms with Crippen LogP contribution in [0.1, 0.15) is 48.0 Å². The van der Waals surface area contributed by atoms with Crippen molar-refractivity contribution in [1.29, 1.82) is 0 Å². The van der Waals surface area contributed by atoms with E-state index in [0.717, 1.165) is 30.1 Å². The fourth-order valence-corrected chi connectivity index (χ4v) is 1.93. The summed E-state index contributed by atoms with van der Waals surface area (Å²) in [4.78, 5) is 6.52. The molecule has 0 saturated carbocycles. The Bertz CT molecular complexity index is 437. The Labute approximate surface area is 130 Å². The first kappa shape index (κ1) is 19.6. The maximum absolute atomic E-state index is 13.9. The minimum absolute atomic E-state index is 0.335. The summed E-state index contributed by atoms with van der Waals surface area (Å²) in [6, 6.07) is 0. The van der Waals surface area contributed by atoms with Gasteiger partial charge in [0.05, 0.1) is 0 Å². The highest BCUT2D eigenvalue weighted by Gasteiger charge is 2.21. The number of aliphatic imine (C=N–C) groups is 1. The Morgan fingerprint density at radius 2 is 1.86 bits per heavy atom. The lowest BCUT2D eigenvalue weighted by molar-refractivity contribution is 0.274. The van der Waals surface area contributed by atoms with Gasteiger partial charge in [-0.25, -0.2) is 4.39 Å². The molecule has 0 fully saturated rings. The average Bonchev–Trinajstić information content (AvgIpc) is 2.36. The van der Waals surface area contributed by atoms with E-state index in [1.807, 2.05) is 6.92 Å². The van der Waals surface area contributed by atoms with Crippen molar-refractivity contribution in [2.45, 2.75) is 53.6 Å². The summed E-state index contributed by atoms with van der Waals surface area (Å²) in [6.45, 7) is 20.2. The SMILES string of the molecule is C=C(C(C)C)N(CCC)C(=N\C)/C(C)=C/C(=C)C(C)(C)F. The first-order valence-corrected chi connectivity index (χ1v) is 7.56. The van der Waals surface area contributed by atoms with Crippen molar-refractivity contribution in [3.8, 4) is 0 Å². The molecule has 0 atom stereocenters. The molecule has 0 rings (SSSR count). The molecule has 0 radical (unpaired) electrons. The predicted octanol–water partition coefficient (Wildman–Crippen LogP) is 5.15. The third-order valence-corrected chi connectivity index (χ3v) is 3.43. The minimum atomic E-state index is -1.43. The Balaban J connectivity index is 5.51. The molecule has 0 saturated heterocycles. The number of hydrogen-bond donors (Lipinski definition) is 0. The van der Waals surface area contributed by atoms with Crippen molar-refractivity contribution >= 4 is 5.84 Å². The second-order valence-electron chi connectivity index (χ2n) is 6.17. The van der Waals surface area contributed by atoms with Gasteiger partial charge in [0.2, 0.25) is 0 Å². The van der Waals surface area contributed by atoms with E-state index in [1.54, 1.807) is 13.1 Å². The summed E-state index contributed by atoms with van der Waals surface area (Å²) in [7, 11) is 1.76. The molecule has 0 aliphatic rings. The third-order valence-electron chi connectivity index (χ3n) is 3.43. The molecule has 0 N–H and O–H groups in total. The summed E-state index contributed by atoms with van der Waals surface area (Å²) in [5.41, 5.74) is 0.955. The standard InChI is InChI=1S/C18H31FN2/c1-10-11-21(16(6)13(2)3)17(20-9)14(4)12-15(5)18(7,8)19/h12-13H,5-6,10-11H2,1-4,7-9H3/b14-12+,20-17-. The normalized spacial score (nSPS) is 13.6. The van der Waals surface area contributed by atoms with E-state index in [-0.39, 0.29) is 0 Å². The lowest BCUT2D eigenvalue weighted by Gasteiger charge is -2.30. The number of nitrogens with zero attached hydrogens (tertiary/aromatic N) is 2. The van der Waals surface area contributed by atoms with Crippen molar-refractivity contribution in [3.05, 3.63) is 36.1 Å². The van der Waals surface area contributed by atoms with E-state index in [4.69, 9.17) is 0 Å². The zero-order valence-electron chi connectivity index (χ0n) is 14.8. The van der Waals surface area contributed by atoms with Crippen LogP contribution in [0.15, 0.2) is 41.1 Å². The predicted molar refractivity (Wildman–Crippen MR) is 92.4 cm³/mol. The largest absolute Gasteiger partial charge is 0.331 e. The minimum Gasteiger partial charge on any atom is -0.331 e. The Hall–Kier alpha value is -1.38. The van der Waals surface area contributed by atoms with Gasteiger partial charge in [0.25, 0.3) is 0 Å². The van der Waals surface area contributed by atoms with E-state index >= 15 is 0 Å². The lowest BCUT2D eigenvalue weighted by Crippen LogP contribution is -2.33. The summed E-state index contributed by atoms with van der Waals surface area (Å²) in [5.74, 6) is 1.17. The van der Waals surface area contributed by atoms with E-state index in [1.165, 1.54) is 13.8 Å². The molecule has 0 aliphatic heterocycles. The smallest absolute Gasteiger partial charge is 0.130 e. The Morgan fingerprint density at radius 1 is 1.33 bits per heavy atom. The van der Waals surface area contributed by atoms with E-state index in [0.29, 0.717) is 11.5 Å². The first-order valence-electron chi connectivity index (χ1n) is 7.56. The second-order valence-corrected chi connectivity index (χ2v) is 6.17. The molecular formula is C18H31FN2. The molecule has 3 heteroatoms. The molecule has 0 bridgehead atoms. The molecule has 0 spiro atoms. The fraction of sp³-hybridized carbons (Fsp3) is 0.611. The zero-order chi connectivity index (χ0) is 16.8. The highest BCUT2D eigenvalue weighted by molar-refractivity contribution is 5.99. The van der Waals surface area contributed by atoms with Crippen molar-refractivity contribution in [3.63, 3.8) is 0 Å². The molecule has 21 heavy (non-hydrogen) atoms. The summed E-state index contributed by atoms with van der Waals surface area (Å²) in [5, 5.41) is 0. The number of hydrogen-bond acceptors (Lipinski definition) is 1. The molecule has 0 aromatic carbocycles. The number of halogens is 1. The van der Waals surface area contributed by atoms with Crippen molar-refractivity contribution < 1.29 is 4.39 Å². The second kappa shape index (κ2) is 8.16. The Kier molecular flexibility index (Phi) is 7.62. The van der Waals surface area contributed by atoms with E-state index in [2.05, 4.69) is 43.8 Å². The van der Waals surface area contributed by atoms with Gasteiger partial charge in [-0.1, -0.05) is 33.9 Å². The lowest BCUT2D eigenvalue weighted by atomic mass is 9.98. The molecule has 0 heterocycles. The van der Waals surface area contributed by atoms with Crippen LogP contribution in [0.3, 0.4) is 0 Å². The van der Waals surface area contributed by atoms with Crippen LogP contribution in [0.5, 0.6) is 0 Å². The molecule has 0 amide bonds. The molecule has 2 nitrogen and oxygen atoms in total. The highest BCUT2D eigenvalue weighted by Crippen LogP contribution is 2.23. The van der Waals surface area contributed by atoms with Crippen LogP contribution < -0.4 is 0 Å². The van der Waals surface area contributed by atoms with Gasteiger partial charge in [-0.2, -0.15) is 0 Å². The van der Waals surface area contributed by atoms with Gasteiger partial charge in [-0.05, 0) is 50.3 Å². The van der Waals surface area contributed by atoms with Crippen LogP contribution in [0.2, 0.25) is 0 Å². The number of amidine groups is 1. The topological polar surface area (TPSA) is 15.6 Å². The maximum Gasteiger partial charge on any atom is 0.130 e. The van der Waals surface area contributed by atoms with E-state index < -0.39 is 5.67 Å². The van der Waals surface area contributed by atoms with Gasteiger partial charge in [0, 0.05) is 19.3 Å². The van der Waals surface area contributed by atoms with E-state index in [9.17, 15) is 4.39 Å². The van der Waals surface area contributed by atoms with Crippen molar-refractivity contribution in [1.82, 2.24) is 4.90 Å². The van der Waals surface area contributed by atoms with Crippen molar-refractivity contribution in [2.24, 2.45) is 10.9 Å². The van der Waals surface area contributed by atoms with Crippen LogP contribution in [0.25, 0.3) is 0 Å². The number of rotatable bonds is 7. The number of alkyl halides is 1. The third kappa shape index (κ3) is 5.86. The van der Waals surface area contributed by atoms with Crippen LogP contribution in [-0.4, -0.2) is 30.0 Å². The van der Waals surface area contributed by atoms with Crippen molar-refractivity contribution in [2.75, 3.05) is 13.6 Å². The maximum atomic E-state index is 13.9. The van der Waals surface area contributed by atoms with Crippen LogP contribution in [0.4, 0.5) is 4.39 Å². The summed E-state index contributed by atoms with van der Waals surface area (Å²) in [6.07, 6.45) is 2.77. The molecule has 0 aromatic rings. The zero-order valence-corrected chi connectivity index (χ0v) is 14.8. The molecule has 0 unspecified atom stereocenters. The molecular weight excluding hydrogens is 263 g/mol. The Morgan fingerprint density at radius 3 is 2.19 bits per heavy atom.